The van der Waals surface area contributed by atoms with Crippen molar-refractivity contribution in [1.29, 1.82) is 0 Å². The van der Waals surface area contributed by atoms with Crippen LogP contribution in [0.3, 0.4) is 0 Å². The number of fused-ring (bicyclic) bond motifs is 1. The average Bonchev–Trinajstić information content (AvgIpc) is 2.83. The lowest BCUT2D eigenvalue weighted by Gasteiger charge is -2.26. The first-order chi connectivity index (χ1) is 9.89. The number of aromatic nitrogens is 2. The average molecular weight is 346 g/mol. The monoisotopic (exact) mass is 345 g/mol. The Balaban J connectivity index is 1.96. The van der Waals surface area contributed by atoms with Gasteiger partial charge in [-0.2, -0.15) is 4.31 Å². The number of rotatable bonds is 2. The summed E-state index contributed by atoms with van der Waals surface area (Å²) in [6.07, 6.45) is 2.32. The highest BCUT2D eigenvalue weighted by Crippen LogP contribution is 2.28. The molecule has 0 fully saturated rings. The van der Waals surface area contributed by atoms with Crippen LogP contribution in [0.15, 0.2) is 29.4 Å². The fourth-order valence-corrected chi connectivity index (χ4v) is 4.18. The Hall–Kier alpha value is -1.08. The van der Waals surface area contributed by atoms with Crippen molar-refractivity contribution in [3.63, 3.8) is 0 Å². The number of imidazole rings is 1. The molecule has 112 valence electrons. The molecule has 1 aromatic carbocycles. The maximum absolute atomic E-state index is 12.7. The summed E-state index contributed by atoms with van der Waals surface area (Å²) < 4.78 is 28.7. The van der Waals surface area contributed by atoms with Crippen molar-refractivity contribution >= 4 is 33.2 Å². The second-order valence-corrected chi connectivity index (χ2v) is 7.67. The molecule has 0 aliphatic carbocycles. The zero-order valence-electron chi connectivity index (χ0n) is 11.3. The Kier molecular flexibility index (Phi) is 3.73. The fourth-order valence-electron chi connectivity index (χ4n) is 2.38. The standard InChI is InChI=1S/C13H13Cl2N3O2S/c1-17-8-16-12-4-5-18(7-13(12)17)21(19,20)9-2-3-10(14)11(15)6-9/h2-3,6,8H,4-5,7H2,1H3. The second kappa shape index (κ2) is 5.28. The Bertz CT molecular complexity index is 802. The maximum atomic E-state index is 12.7. The van der Waals surface area contributed by atoms with Crippen LogP contribution in [-0.2, 0) is 30.0 Å². The van der Waals surface area contributed by atoms with Crippen molar-refractivity contribution in [2.75, 3.05) is 6.54 Å². The number of halogens is 2. The molecule has 0 unspecified atom stereocenters. The van der Waals surface area contributed by atoms with Crippen molar-refractivity contribution in [3.8, 4) is 0 Å². The van der Waals surface area contributed by atoms with E-state index in [1.165, 1.54) is 22.5 Å². The highest BCUT2D eigenvalue weighted by atomic mass is 35.5. The van der Waals surface area contributed by atoms with E-state index >= 15 is 0 Å². The highest BCUT2D eigenvalue weighted by Gasteiger charge is 2.30. The molecule has 0 saturated carbocycles. The molecule has 1 aliphatic heterocycles. The van der Waals surface area contributed by atoms with Crippen LogP contribution in [0.25, 0.3) is 0 Å². The molecule has 0 radical (unpaired) electrons. The van der Waals surface area contributed by atoms with E-state index in [9.17, 15) is 8.42 Å². The number of hydrogen-bond donors (Lipinski definition) is 0. The Labute approximate surface area is 133 Å². The van der Waals surface area contributed by atoms with Gasteiger partial charge in [0.05, 0.1) is 39.2 Å². The number of hydrogen-bond acceptors (Lipinski definition) is 3. The van der Waals surface area contributed by atoms with E-state index in [1.54, 1.807) is 6.33 Å². The van der Waals surface area contributed by atoms with Gasteiger partial charge >= 0.3 is 0 Å². The van der Waals surface area contributed by atoms with Gasteiger partial charge < -0.3 is 4.57 Å². The van der Waals surface area contributed by atoms with E-state index in [2.05, 4.69) is 4.98 Å². The fraction of sp³-hybridized carbons (Fsp3) is 0.308. The second-order valence-electron chi connectivity index (χ2n) is 4.91. The Morgan fingerprint density at radius 3 is 2.71 bits per heavy atom. The molecule has 5 nitrogen and oxygen atoms in total. The van der Waals surface area contributed by atoms with E-state index in [0.29, 0.717) is 24.5 Å². The van der Waals surface area contributed by atoms with Crippen molar-refractivity contribution in [2.24, 2.45) is 7.05 Å². The zero-order valence-corrected chi connectivity index (χ0v) is 13.6. The summed E-state index contributed by atoms with van der Waals surface area (Å²) in [6.45, 7) is 0.723. The molecule has 0 N–H and O–H groups in total. The first-order valence-electron chi connectivity index (χ1n) is 6.34. The van der Waals surface area contributed by atoms with Gasteiger partial charge in [0.1, 0.15) is 0 Å². The molecular weight excluding hydrogens is 333 g/mol. The maximum Gasteiger partial charge on any atom is 0.243 e. The van der Waals surface area contributed by atoms with E-state index in [-0.39, 0.29) is 9.92 Å². The lowest BCUT2D eigenvalue weighted by Crippen LogP contribution is -2.36. The van der Waals surface area contributed by atoms with E-state index in [1.807, 2.05) is 11.6 Å². The van der Waals surface area contributed by atoms with Gasteiger partial charge in [-0.15, -0.1) is 0 Å². The van der Waals surface area contributed by atoms with Crippen molar-refractivity contribution in [3.05, 3.63) is 46.0 Å². The summed E-state index contributed by atoms with van der Waals surface area (Å²) in [5.74, 6) is 0. The van der Waals surface area contributed by atoms with Gasteiger partial charge in [0.15, 0.2) is 0 Å². The van der Waals surface area contributed by atoms with E-state index < -0.39 is 10.0 Å². The lowest BCUT2D eigenvalue weighted by molar-refractivity contribution is 0.380. The molecule has 2 aromatic rings. The van der Waals surface area contributed by atoms with E-state index in [0.717, 1.165) is 11.4 Å². The first-order valence-corrected chi connectivity index (χ1v) is 8.53. The predicted molar refractivity (Wildman–Crippen MR) is 81.0 cm³/mol. The molecule has 0 saturated heterocycles. The summed E-state index contributed by atoms with van der Waals surface area (Å²) in [6, 6.07) is 4.36. The summed E-state index contributed by atoms with van der Waals surface area (Å²) in [5.41, 5.74) is 1.88. The summed E-state index contributed by atoms with van der Waals surface area (Å²) >= 11 is 11.8. The van der Waals surface area contributed by atoms with Gasteiger partial charge in [0, 0.05) is 20.0 Å². The topological polar surface area (TPSA) is 55.2 Å². The van der Waals surface area contributed by atoms with Crippen LogP contribution in [0, 0.1) is 0 Å². The largest absolute Gasteiger partial charge is 0.336 e. The van der Waals surface area contributed by atoms with Gasteiger partial charge in [-0.25, -0.2) is 13.4 Å². The van der Waals surface area contributed by atoms with E-state index in [4.69, 9.17) is 23.2 Å². The SMILES string of the molecule is Cn1cnc2c1CN(S(=O)(=O)c1ccc(Cl)c(Cl)c1)CC2. The molecule has 1 aliphatic rings. The number of aryl methyl sites for hydroxylation is 1. The van der Waals surface area contributed by atoms with Gasteiger partial charge in [0.2, 0.25) is 10.0 Å². The molecule has 1 aromatic heterocycles. The molecule has 2 heterocycles. The minimum absolute atomic E-state index is 0.155. The van der Waals surface area contributed by atoms with Crippen LogP contribution >= 0.6 is 23.2 Å². The smallest absolute Gasteiger partial charge is 0.243 e. The highest BCUT2D eigenvalue weighted by molar-refractivity contribution is 7.89. The van der Waals surface area contributed by atoms with Crippen molar-refractivity contribution in [2.45, 2.75) is 17.9 Å². The molecule has 0 amide bonds. The predicted octanol–water partition coefficient (Wildman–Crippen LogP) is 2.47. The van der Waals surface area contributed by atoms with Crippen LogP contribution in [0.4, 0.5) is 0 Å². The summed E-state index contributed by atoms with van der Waals surface area (Å²) in [4.78, 5) is 4.43. The number of benzene rings is 1. The third-order valence-corrected chi connectivity index (χ3v) is 6.18. The van der Waals surface area contributed by atoms with Gasteiger partial charge in [-0.05, 0) is 18.2 Å². The molecule has 21 heavy (non-hydrogen) atoms. The van der Waals surface area contributed by atoms with Crippen LogP contribution in [-0.4, -0.2) is 28.8 Å². The molecule has 0 spiro atoms. The first kappa shape index (κ1) is 14.8. The van der Waals surface area contributed by atoms with Crippen LogP contribution < -0.4 is 0 Å². The minimum atomic E-state index is -3.59. The van der Waals surface area contributed by atoms with Gasteiger partial charge in [-0.3, -0.25) is 0 Å². The summed E-state index contributed by atoms with van der Waals surface area (Å²) in [7, 11) is -1.73. The van der Waals surface area contributed by atoms with Crippen LogP contribution in [0.1, 0.15) is 11.4 Å². The molecule has 0 atom stereocenters. The molecule has 8 heteroatoms. The zero-order chi connectivity index (χ0) is 15.2. The molecule has 0 bridgehead atoms. The molecule has 3 rings (SSSR count). The normalized spacial score (nSPS) is 16.0. The third kappa shape index (κ3) is 2.57. The van der Waals surface area contributed by atoms with Gasteiger partial charge in [0.25, 0.3) is 0 Å². The Morgan fingerprint density at radius 2 is 2.00 bits per heavy atom. The van der Waals surface area contributed by atoms with Crippen LogP contribution in [0.5, 0.6) is 0 Å². The van der Waals surface area contributed by atoms with Crippen molar-refractivity contribution < 1.29 is 8.42 Å². The quantitative estimate of drug-likeness (QED) is 0.840. The van der Waals surface area contributed by atoms with Gasteiger partial charge in [-0.1, -0.05) is 23.2 Å². The molecular formula is C13H13Cl2N3O2S. The third-order valence-electron chi connectivity index (χ3n) is 3.60. The summed E-state index contributed by atoms with van der Waals surface area (Å²) in [5, 5.41) is 0.569. The lowest BCUT2D eigenvalue weighted by atomic mass is 10.2. The number of nitrogens with zero attached hydrogens (tertiary/aromatic N) is 3. The Morgan fingerprint density at radius 1 is 1.24 bits per heavy atom. The van der Waals surface area contributed by atoms with Crippen molar-refractivity contribution in [1.82, 2.24) is 13.9 Å². The van der Waals surface area contributed by atoms with Crippen LogP contribution in [0.2, 0.25) is 10.0 Å². The minimum Gasteiger partial charge on any atom is -0.336 e. The number of sulfonamides is 1.